The Morgan fingerprint density at radius 2 is 0.602 bits per heavy atom. The molecule has 15 aromatic carbocycles. The van der Waals surface area contributed by atoms with Crippen LogP contribution in [0.3, 0.4) is 0 Å². The summed E-state index contributed by atoms with van der Waals surface area (Å²) in [6, 6.07) is 123. The van der Waals surface area contributed by atoms with Crippen molar-refractivity contribution in [3.63, 3.8) is 0 Å². The van der Waals surface area contributed by atoms with E-state index in [1.54, 1.807) is 0 Å². The van der Waals surface area contributed by atoms with Gasteiger partial charge in [-0.25, -0.2) is 0 Å². The SMILES string of the molecule is c1ccc(-c2ccc(-c3ccc(N(c4ccc(-c5ccccc5)cc4)c4ccc5c(c4)c4cc(-c6ccc(N(c7ccccc7)c7cccc8sc9ccccc9c78)cc6)ccc4n5-c4ccc5c6ccccc6c6ccccc6c5c4)cc3)cc2)cc1. The maximum Gasteiger partial charge on any atom is 0.0554 e. The molecule has 17 aromatic rings. The highest BCUT2D eigenvalue weighted by atomic mass is 32.1. The average molecular weight is 1140 g/mol. The molecule has 0 fully saturated rings. The highest BCUT2D eigenvalue weighted by Gasteiger charge is 2.22. The topological polar surface area (TPSA) is 11.4 Å². The molecular formula is C84H55N3S. The zero-order valence-corrected chi connectivity index (χ0v) is 48.8. The largest absolute Gasteiger partial charge is 0.310 e. The Kier molecular flexibility index (Phi) is 12.4. The van der Waals surface area contributed by atoms with Crippen LogP contribution in [0.4, 0.5) is 34.1 Å². The number of aromatic nitrogens is 1. The quantitative estimate of drug-likeness (QED) is 0.120. The third-order valence-corrected chi connectivity index (χ3v) is 18.9. The second-order valence-electron chi connectivity index (χ2n) is 22.8. The minimum absolute atomic E-state index is 1.07. The summed E-state index contributed by atoms with van der Waals surface area (Å²) in [5, 5.41) is 12.4. The molecule has 0 saturated heterocycles. The number of hydrogen-bond acceptors (Lipinski definition) is 3. The maximum atomic E-state index is 2.48. The summed E-state index contributed by atoms with van der Waals surface area (Å²) in [7, 11) is 0. The summed E-state index contributed by atoms with van der Waals surface area (Å²) >= 11 is 1.85. The second kappa shape index (κ2) is 21.3. The van der Waals surface area contributed by atoms with Crippen molar-refractivity contribution >= 4 is 120 Å². The summed E-state index contributed by atoms with van der Waals surface area (Å²) < 4.78 is 5.05. The highest BCUT2D eigenvalue weighted by molar-refractivity contribution is 7.26. The first-order valence-electron chi connectivity index (χ1n) is 30.1. The molecule has 0 saturated carbocycles. The molecule has 2 heterocycles. The fourth-order valence-corrected chi connectivity index (χ4v) is 14.7. The Morgan fingerprint density at radius 3 is 1.17 bits per heavy atom. The lowest BCUT2D eigenvalue weighted by Crippen LogP contribution is -2.10. The zero-order valence-electron chi connectivity index (χ0n) is 48.0. The van der Waals surface area contributed by atoms with Gasteiger partial charge < -0.3 is 14.4 Å². The summed E-state index contributed by atoms with van der Waals surface area (Å²) in [4.78, 5) is 4.82. The molecule has 3 nitrogen and oxygen atoms in total. The molecule has 4 heteroatoms. The molecular weight excluding hydrogens is 1080 g/mol. The minimum atomic E-state index is 1.07. The standard InChI is InChI=1S/C84H55N3S/c1-4-17-56(18-5-1)58-31-33-59(34-32-58)61-37-44-66(45-38-61)85(65-42-35-60(36-43-65)57-19-6-2-7-20-57)68-49-52-80-78(55-68)77-53-63(41-51-79(77)87(80)69-48-50-74-72-25-11-10-23-70(72)71-24-12-13-26-73(71)76(74)54-69)62-39-46-67(47-40-62)86(64-21-8-3-9-22-64)81-28-16-30-83-84(81)75-27-14-15-29-82(75)88-83/h1-55H. The van der Waals surface area contributed by atoms with Gasteiger partial charge in [0.1, 0.15) is 0 Å². The van der Waals surface area contributed by atoms with Crippen LogP contribution >= 0.6 is 11.3 Å². The van der Waals surface area contributed by atoms with Gasteiger partial charge in [0.05, 0.1) is 16.7 Å². The zero-order chi connectivity index (χ0) is 58.1. The van der Waals surface area contributed by atoms with E-state index in [0.717, 1.165) is 56.3 Å². The predicted molar refractivity (Wildman–Crippen MR) is 377 cm³/mol. The number of rotatable bonds is 11. The Balaban J connectivity index is 0.828. The first kappa shape index (κ1) is 51.1. The molecule has 88 heavy (non-hydrogen) atoms. The van der Waals surface area contributed by atoms with Crippen LogP contribution in [-0.4, -0.2) is 4.57 Å². The van der Waals surface area contributed by atoms with E-state index in [-0.39, 0.29) is 0 Å². The monoisotopic (exact) mass is 1140 g/mol. The normalized spacial score (nSPS) is 11.6. The molecule has 17 rings (SSSR count). The van der Waals surface area contributed by atoms with Gasteiger partial charge in [0, 0.05) is 65.1 Å². The van der Waals surface area contributed by atoms with E-state index in [1.165, 1.54) is 102 Å². The van der Waals surface area contributed by atoms with Crippen LogP contribution in [0.25, 0.3) is 124 Å². The van der Waals surface area contributed by atoms with Gasteiger partial charge in [0.15, 0.2) is 0 Å². The molecule has 0 N–H and O–H groups in total. The van der Waals surface area contributed by atoms with Gasteiger partial charge in [0.25, 0.3) is 0 Å². The third-order valence-electron chi connectivity index (χ3n) is 17.8. The maximum absolute atomic E-state index is 2.48. The molecule has 0 atom stereocenters. The van der Waals surface area contributed by atoms with Gasteiger partial charge in [-0.3, -0.25) is 0 Å². The smallest absolute Gasteiger partial charge is 0.0554 e. The van der Waals surface area contributed by atoms with Crippen molar-refractivity contribution < 1.29 is 0 Å². The number of benzene rings is 15. The summed E-state index contributed by atoms with van der Waals surface area (Å²) in [6.07, 6.45) is 0. The second-order valence-corrected chi connectivity index (χ2v) is 23.9. The Labute approximate surface area is 514 Å². The third kappa shape index (κ3) is 8.80. The fourth-order valence-electron chi connectivity index (χ4n) is 13.6. The lowest BCUT2D eigenvalue weighted by atomic mass is 9.94. The van der Waals surface area contributed by atoms with E-state index >= 15 is 0 Å². The first-order valence-corrected chi connectivity index (χ1v) is 30.9. The van der Waals surface area contributed by atoms with E-state index in [4.69, 9.17) is 0 Å². The van der Waals surface area contributed by atoms with Crippen molar-refractivity contribution in [3.8, 4) is 50.2 Å². The molecule has 2 aromatic heterocycles. The summed E-state index contributed by atoms with van der Waals surface area (Å²) in [6.45, 7) is 0. The van der Waals surface area contributed by atoms with E-state index in [9.17, 15) is 0 Å². The van der Waals surface area contributed by atoms with Crippen LogP contribution in [-0.2, 0) is 0 Å². The molecule has 0 aliphatic rings. The number of thiophene rings is 1. The molecule has 0 aliphatic heterocycles. The molecule has 0 amide bonds. The molecule has 0 radical (unpaired) electrons. The van der Waals surface area contributed by atoms with Crippen LogP contribution in [0.5, 0.6) is 0 Å². The number of nitrogens with zero attached hydrogens (tertiary/aromatic N) is 3. The van der Waals surface area contributed by atoms with Crippen LogP contribution in [0.1, 0.15) is 0 Å². The first-order chi connectivity index (χ1) is 43.6. The van der Waals surface area contributed by atoms with Crippen LogP contribution in [0.15, 0.2) is 334 Å². The van der Waals surface area contributed by atoms with E-state index in [1.807, 2.05) is 11.3 Å². The molecule has 0 spiro atoms. The fraction of sp³-hybridized carbons (Fsp3) is 0. The summed E-state index contributed by atoms with van der Waals surface area (Å²) in [5.41, 5.74) is 19.4. The molecule has 0 bridgehead atoms. The van der Waals surface area contributed by atoms with Gasteiger partial charge in [-0.1, -0.05) is 224 Å². The predicted octanol–water partition coefficient (Wildman–Crippen LogP) is 24.2. The van der Waals surface area contributed by atoms with Crippen molar-refractivity contribution in [3.05, 3.63) is 334 Å². The van der Waals surface area contributed by atoms with E-state index in [2.05, 4.69) is 348 Å². The molecule has 412 valence electrons. The molecule has 0 aliphatic carbocycles. The summed E-state index contributed by atoms with van der Waals surface area (Å²) in [5.74, 6) is 0. The van der Waals surface area contributed by atoms with Crippen molar-refractivity contribution in [2.75, 3.05) is 9.80 Å². The van der Waals surface area contributed by atoms with Crippen LogP contribution < -0.4 is 9.80 Å². The van der Waals surface area contributed by atoms with Gasteiger partial charge in [-0.05, 0) is 186 Å². The van der Waals surface area contributed by atoms with Gasteiger partial charge in [-0.2, -0.15) is 0 Å². The number of fused-ring (bicyclic) bond motifs is 12. The van der Waals surface area contributed by atoms with Gasteiger partial charge >= 0.3 is 0 Å². The van der Waals surface area contributed by atoms with Gasteiger partial charge in [-0.15, -0.1) is 11.3 Å². The Bertz CT molecular complexity index is 5430. The number of hydrogen-bond donors (Lipinski definition) is 0. The highest BCUT2D eigenvalue weighted by Crippen LogP contribution is 2.47. The average Bonchev–Trinajstić information content (AvgIpc) is 1.80. The van der Waals surface area contributed by atoms with Crippen molar-refractivity contribution in [1.29, 1.82) is 0 Å². The Hall–Kier alpha value is -11.3. The number of para-hydroxylation sites is 1. The van der Waals surface area contributed by atoms with E-state index in [0.29, 0.717) is 0 Å². The van der Waals surface area contributed by atoms with E-state index < -0.39 is 0 Å². The number of anilines is 6. The Morgan fingerprint density at radius 1 is 0.216 bits per heavy atom. The van der Waals surface area contributed by atoms with Crippen molar-refractivity contribution in [2.45, 2.75) is 0 Å². The minimum Gasteiger partial charge on any atom is -0.310 e. The molecule has 0 unspecified atom stereocenters. The van der Waals surface area contributed by atoms with Crippen LogP contribution in [0.2, 0.25) is 0 Å². The van der Waals surface area contributed by atoms with Crippen molar-refractivity contribution in [1.82, 2.24) is 4.57 Å². The van der Waals surface area contributed by atoms with Crippen LogP contribution in [0, 0.1) is 0 Å². The lowest BCUT2D eigenvalue weighted by Gasteiger charge is -2.26. The van der Waals surface area contributed by atoms with Gasteiger partial charge in [0.2, 0.25) is 0 Å². The lowest BCUT2D eigenvalue weighted by molar-refractivity contribution is 1.18. The van der Waals surface area contributed by atoms with Crippen molar-refractivity contribution in [2.24, 2.45) is 0 Å².